The van der Waals surface area contributed by atoms with Crippen molar-refractivity contribution in [2.24, 2.45) is 17.8 Å². The molecule has 0 aromatic rings. The summed E-state index contributed by atoms with van der Waals surface area (Å²) >= 11 is 6.39. The van der Waals surface area contributed by atoms with E-state index in [9.17, 15) is 14.4 Å². The molecular weight excluding hydrogens is 392 g/mol. The van der Waals surface area contributed by atoms with Gasteiger partial charge >= 0.3 is 5.97 Å². The van der Waals surface area contributed by atoms with Crippen molar-refractivity contribution in [2.75, 3.05) is 0 Å². The number of ketones is 2. The molecule has 1 saturated heterocycles. The number of halogens is 1. The van der Waals surface area contributed by atoms with Crippen LogP contribution < -0.4 is 0 Å². The van der Waals surface area contributed by atoms with Gasteiger partial charge in [0.25, 0.3) is 0 Å². The van der Waals surface area contributed by atoms with Crippen LogP contribution in [0.25, 0.3) is 0 Å². The van der Waals surface area contributed by atoms with E-state index < -0.39 is 29.2 Å². The number of Topliss-reactive ketones (excluding diaryl/α,β-unsaturated/α-hetero) is 2. The summed E-state index contributed by atoms with van der Waals surface area (Å²) in [5.41, 5.74) is -0.0794. The second-order valence-electron chi connectivity index (χ2n) is 7.86. The van der Waals surface area contributed by atoms with Gasteiger partial charge in [0.05, 0.1) is 17.2 Å². The molecule has 1 aliphatic carbocycles. The molecule has 4 atom stereocenters. The average Bonchev–Trinajstić information content (AvgIpc) is 3.00. The first-order valence-corrected chi connectivity index (χ1v) is 10.1. The Kier molecular flexibility index (Phi) is 5.72. The summed E-state index contributed by atoms with van der Waals surface area (Å²) < 4.78 is 11.2. The predicted molar refractivity (Wildman–Crippen MR) is 110 cm³/mol. The second-order valence-corrected chi connectivity index (χ2v) is 8.24. The molecule has 5 nitrogen and oxygen atoms in total. The van der Waals surface area contributed by atoms with Gasteiger partial charge in [-0.05, 0) is 44.4 Å². The molecule has 29 heavy (non-hydrogen) atoms. The molecule has 3 rings (SSSR count). The van der Waals surface area contributed by atoms with Crippen LogP contribution in [-0.2, 0) is 23.9 Å². The van der Waals surface area contributed by atoms with Crippen molar-refractivity contribution in [3.05, 3.63) is 58.1 Å². The summed E-state index contributed by atoms with van der Waals surface area (Å²) in [6, 6.07) is 0. The van der Waals surface area contributed by atoms with Gasteiger partial charge in [-0.2, -0.15) is 0 Å². The van der Waals surface area contributed by atoms with Crippen LogP contribution in [0.15, 0.2) is 58.1 Å². The van der Waals surface area contributed by atoms with Crippen molar-refractivity contribution in [2.45, 2.75) is 46.6 Å². The quantitative estimate of drug-likeness (QED) is 0.373. The van der Waals surface area contributed by atoms with Crippen LogP contribution in [0.3, 0.4) is 0 Å². The van der Waals surface area contributed by atoms with Gasteiger partial charge in [0, 0.05) is 11.1 Å². The van der Waals surface area contributed by atoms with Crippen LogP contribution in [-0.4, -0.2) is 23.1 Å². The zero-order chi connectivity index (χ0) is 21.5. The number of hydrogen-bond donors (Lipinski definition) is 0. The smallest absolute Gasteiger partial charge is 0.318 e. The lowest BCUT2D eigenvalue weighted by Crippen LogP contribution is -2.48. The minimum atomic E-state index is -1.53. The standard InChI is InChI=1S/C23H25ClO5/c1-6-12(3)8-9-14-10-15-16(11-28-14)18-17(20(25)13(4)7-2)22(27)29-23(18,5)21(26)19(15)24/h7-12,17-18H,6H2,1-5H3/b9-8+,13-7+/t12-,17+,18+,23-/m0/s1. The topological polar surface area (TPSA) is 69.7 Å². The third-order valence-corrected chi connectivity index (χ3v) is 6.35. The summed E-state index contributed by atoms with van der Waals surface area (Å²) in [4.78, 5) is 38.6. The van der Waals surface area contributed by atoms with Gasteiger partial charge in [-0.15, -0.1) is 0 Å². The number of carbonyl (C=O) groups is 3. The zero-order valence-electron chi connectivity index (χ0n) is 17.2. The van der Waals surface area contributed by atoms with Crippen molar-refractivity contribution in [3.63, 3.8) is 0 Å². The predicted octanol–water partition coefficient (Wildman–Crippen LogP) is 4.55. The van der Waals surface area contributed by atoms with Gasteiger partial charge in [0.1, 0.15) is 11.7 Å². The number of esters is 1. The molecule has 2 aliphatic heterocycles. The van der Waals surface area contributed by atoms with Crippen LogP contribution >= 0.6 is 11.6 Å². The molecule has 154 valence electrons. The van der Waals surface area contributed by atoms with Gasteiger partial charge in [0.2, 0.25) is 5.78 Å². The van der Waals surface area contributed by atoms with Gasteiger partial charge < -0.3 is 9.47 Å². The highest BCUT2D eigenvalue weighted by atomic mass is 35.5. The Labute approximate surface area is 175 Å². The molecule has 2 heterocycles. The second kappa shape index (κ2) is 7.79. The number of rotatable bonds is 5. The molecule has 0 saturated carbocycles. The van der Waals surface area contributed by atoms with E-state index in [1.54, 1.807) is 26.0 Å². The van der Waals surface area contributed by atoms with E-state index in [1.807, 2.05) is 12.2 Å². The van der Waals surface area contributed by atoms with E-state index in [0.717, 1.165) is 6.42 Å². The van der Waals surface area contributed by atoms with Gasteiger partial charge in [0.15, 0.2) is 11.4 Å². The number of hydrogen-bond acceptors (Lipinski definition) is 5. The highest BCUT2D eigenvalue weighted by Gasteiger charge is 2.64. The average molecular weight is 417 g/mol. The fraction of sp³-hybridized carbons (Fsp3) is 0.435. The van der Waals surface area contributed by atoms with Crippen LogP contribution in [0, 0.1) is 17.8 Å². The van der Waals surface area contributed by atoms with Crippen LogP contribution in [0.4, 0.5) is 0 Å². The molecule has 0 aromatic carbocycles. The van der Waals surface area contributed by atoms with Crippen LogP contribution in [0.1, 0.15) is 41.0 Å². The summed E-state index contributed by atoms with van der Waals surface area (Å²) in [5.74, 6) is -2.56. The van der Waals surface area contributed by atoms with Gasteiger partial charge in [-0.3, -0.25) is 14.4 Å². The van der Waals surface area contributed by atoms with E-state index >= 15 is 0 Å². The lowest BCUT2D eigenvalue weighted by atomic mass is 9.67. The maximum atomic E-state index is 13.0. The Bertz CT molecular complexity index is 933. The summed E-state index contributed by atoms with van der Waals surface area (Å²) in [6.45, 7) is 9.05. The van der Waals surface area contributed by atoms with Gasteiger partial charge in [-0.25, -0.2) is 0 Å². The summed E-state index contributed by atoms with van der Waals surface area (Å²) in [5, 5.41) is -0.0172. The number of ether oxygens (including phenoxy) is 2. The Balaban J connectivity index is 2.07. The van der Waals surface area contributed by atoms with Crippen LogP contribution in [0.5, 0.6) is 0 Å². The Hall–Kier alpha value is -2.40. The number of allylic oxidation sites excluding steroid dienone is 6. The maximum Gasteiger partial charge on any atom is 0.318 e. The Morgan fingerprint density at radius 2 is 2.07 bits per heavy atom. The number of carbonyl (C=O) groups excluding carboxylic acids is 3. The number of fused-ring (bicyclic) bond motifs is 3. The van der Waals surface area contributed by atoms with E-state index in [1.165, 1.54) is 13.2 Å². The molecule has 6 heteroatoms. The molecule has 3 aliphatic rings. The molecule has 0 N–H and O–H groups in total. The molecule has 0 amide bonds. The van der Waals surface area contributed by atoms with Crippen molar-refractivity contribution in [3.8, 4) is 0 Å². The maximum absolute atomic E-state index is 13.0. The van der Waals surface area contributed by atoms with Crippen molar-refractivity contribution in [1.82, 2.24) is 0 Å². The SMILES string of the molecule is C/C=C(\C)C(=O)[C@@H]1C(=O)O[C@]2(C)C(=O)C(Cl)=C3C=C(/C=C/[C@@H](C)CC)OC=C3[C@H]12. The minimum absolute atomic E-state index is 0.0172. The first kappa shape index (κ1) is 21.3. The molecule has 0 aromatic heterocycles. The first-order chi connectivity index (χ1) is 13.7. The molecule has 0 bridgehead atoms. The van der Waals surface area contributed by atoms with E-state index in [0.29, 0.717) is 28.4 Å². The van der Waals surface area contributed by atoms with E-state index in [-0.39, 0.29) is 10.8 Å². The lowest BCUT2D eigenvalue weighted by Gasteiger charge is -2.36. The highest BCUT2D eigenvalue weighted by Crippen LogP contribution is 2.52. The minimum Gasteiger partial charge on any atom is -0.465 e. The Morgan fingerprint density at radius 1 is 1.38 bits per heavy atom. The molecule has 0 radical (unpaired) electrons. The molecule has 1 fully saturated rings. The molecule has 0 unspecified atom stereocenters. The third kappa shape index (κ3) is 3.42. The highest BCUT2D eigenvalue weighted by molar-refractivity contribution is 6.45. The molecule has 0 spiro atoms. The zero-order valence-corrected chi connectivity index (χ0v) is 18.0. The normalized spacial score (nSPS) is 30.3. The first-order valence-electron chi connectivity index (χ1n) is 9.77. The molecular formula is C23H25ClO5. The largest absolute Gasteiger partial charge is 0.465 e. The van der Waals surface area contributed by atoms with E-state index in [2.05, 4.69) is 13.8 Å². The Morgan fingerprint density at radius 3 is 2.69 bits per heavy atom. The van der Waals surface area contributed by atoms with Crippen LogP contribution in [0.2, 0.25) is 0 Å². The van der Waals surface area contributed by atoms with Crippen molar-refractivity contribution in [1.29, 1.82) is 0 Å². The monoisotopic (exact) mass is 416 g/mol. The third-order valence-electron chi connectivity index (χ3n) is 5.97. The summed E-state index contributed by atoms with van der Waals surface area (Å²) in [7, 11) is 0. The van der Waals surface area contributed by atoms with Gasteiger partial charge in [-0.1, -0.05) is 44.0 Å². The fourth-order valence-corrected chi connectivity index (χ4v) is 4.16. The lowest BCUT2D eigenvalue weighted by molar-refractivity contribution is -0.156. The van der Waals surface area contributed by atoms with Crippen molar-refractivity contribution < 1.29 is 23.9 Å². The van der Waals surface area contributed by atoms with Crippen molar-refractivity contribution >= 4 is 29.1 Å². The van der Waals surface area contributed by atoms with E-state index in [4.69, 9.17) is 21.1 Å². The summed E-state index contributed by atoms with van der Waals surface area (Å²) in [6.07, 6.45) is 9.64. The fourth-order valence-electron chi connectivity index (χ4n) is 3.81.